The Morgan fingerprint density at radius 2 is 1.73 bits per heavy atom. The second-order valence-corrected chi connectivity index (χ2v) is 10.3. The molecule has 3 fully saturated rings. The second-order valence-electron chi connectivity index (χ2n) is 8.42. The molecule has 144 valence electrons. The van der Waals surface area contributed by atoms with Crippen molar-refractivity contribution in [3.8, 4) is 0 Å². The Balaban J connectivity index is 1.38. The van der Waals surface area contributed by atoms with Crippen LogP contribution in [0.25, 0.3) is 0 Å². The number of nitrogens with zero attached hydrogens (tertiary/aromatic N) is 2. The maximum Gasteiger partial charge on any atom is 0.243 e. The predicted octanol–water partition coefficient (Wildman–Crippen LogP) is 2.57. The van der Waals surface area contributed by atoms with Crippen molar-refractivity contribution in [3.63, 3.8) is 0 Å². The first-order valence-electron chi connectivity index (χ1n) is 9.79. The predicted molar refractivity (Wildman–Crippen MR) is 102 cm³/mol. The molecule has 0 N–H and O–H groups in total. The number of hydrogen-bond donors (Lipinski definition) is 0. The fourth-order valence-electron chi connectivity index (χ4n) is 4.87. The zero-order valence-corrected chi connectivity index (χ0v) is 16.7. The number of hydrogen-bond acceptors (Lipinski definition) is 4. The Morgan fingerprint density at radius 1 is 1.08 bits per heavy atom. The lowest BCUT2D eigenvalue weighted by atomic mass is 9.71. The number of aryl methyl sites for hydroxylation is 2. The zero-order valence-electron chi connectivity index (χ0n) is 15.9. The molecule has 0 atom stereocenters. The van der Waals surface area contributed by atoms with Crippen molar-refractivity contribution in [1.29, 1.82) is 0 Å². The molecule has 3 aliphatic rings. The number of ether oxygens (including phenoxy) is 1. The number of rotatable bonds is 3. The molecular weight excluding hydrogens is 348 g/mol. The van der Waals surface area contributed by atoms with Crippen LogP contribution in [0.4, 0.5) is 0 Å². The minimum absolute atomic E-state index is 0.340. The van der Waals surface area contributed by atoms with Crippen LogP contribution in [-0.4, -0.2) is 63.1 Å². The summed E-state index contributed by atoms with van der Waals surface area (Å²) in [6, 6.07) is 6.28. The van der Waals surface area contributed by atoms with E-state index in [1.165, 1.54) is 0 Å². The molecule has 0 amide bonds. The number of piperidine rings is 1. The van der Waals surface area contributed by atoms with E-state index < -0.39 is 10.0 Å². The molecule has 26 heavy (non-hydrogen) atoms. The Morgan fingerprint density at radius 3 is 2.35 bits per heavy atom. The smallest absolute Gasteiger partial charge is 0.243 e. The summed E-state index contributed by atoms with van der Waals surface area (Å²) in [5.74, 6) is 0. The zero-order chi connectivity index (χ0) is 18.4. The molecule has 3 saturated heterocycles. The van der Waals surface area contributed by atoms with Crippen LogP contribution in [0.5, 0.6) is 0 Å². The standard InChI is InChI=1S/C20H30N2O3S/c1-16-3-4-19(17(2)13-16)26(23,24)22-9-7-20(8-10-22)14-21(15-20)18-5-11-25-12-6-18/h3-4,13,18H,5-12,14-15H2,1-2H3. The third-order valence-electron chi connectivity index (χ3n) is 6.52. The van der Waals surface area contributed by atoms with E-state index in [4.69, 9.17) is 4.74 Å². The maximum absolute atomic E-state index is 13.1. The lowest BCUT2D eigenvalue weighted by Crippen LogP contribution is -2.63. The summed E-state index contributed by atoms with van der Waals surface area (Å²) >= 11 is 0. The molecule has 0 bridgehead atoms. The molecule has 0 aliphatic carbocycles. The molecule has 3 aliphatic heterocycles. The highest BCUT2D eigenvalue weighted by atomic mass is 32.2. The Bertz CT molecular complexity index is 755. The average Bonchev–Trinajstić information content (AvgIpc) is 2.60. The van der Waals surface area contributed by atoms with Gasteiger partial charge >= 0.3 is 0 Å². The van der Waals surface area contributed by atoms with Crippen molar-refractivity contribution < 1.29 is 13.2 Å². The SMILES string of the molecule is Cc1ccc(S(=O)(=O)N2CCC3(CC2)CN(C2CCOCC2)C3)c(C)c1. The van der Waals surface area contributed by atoms with E-state index in [1.54, 1.807) is 10.4 Å². The molecule has 5 nitrogen and oxygen atoms in total. The normalized spacial score (nSPS) is 25.3. The first kappa shape index (κ1) is 18.4. The molecule has 1 aromatic rings. The summed E-state index contributed by atoms with van der Waals surface area (Å²) in [6.07, 6.45) is 4.25. The molecule has 1 spiro atoms. The molecule has 0 aromatic heterocycles. The number of sulfonamides is 1. The van der Waals surface area contributed by atoms with Gasteiger partial charge in [-0.25, -0.2) is 8.42 Å². The summed E-state index contributed by atoms with van der Waals surface area (Å²) in [4.78, 5) is 3.06. The Kier molecular flexibility index (Phi) is 4.88. The molecule has 6 heteroatoms. The first-order chi connectivity index (χ1) is 12.4. The topological polar surface area (TPSA) is 49.9 Å². The average molecular weight is 379 g/mol. The maximum atomic E-state index is 13.1. The second kappa shape index (κ2) is 6.89. The lowest BCUT2D eigenvalue weighted by Gasteiger charge is -2.56. The molecular formula is C20H30N2O3S. The lowest BCUT2D eigenvalue weighted by molar-refractivity contribution is -0.0839. The van der Waals surface area contributed by atoms with E-state index >= 15 is 0 Å². The molecule has 1 aromatic carbocycles. The Hall–Kier alpha value is -0.950. The fourth-order valence-corrected chi connectivity index (χ4v) is 6.52. The van der Waals surface area contributed by atoms with Crippen LogP contribution in [0.15, 0.2) is 23.1 Å². The van der Waals surface area contributed by atoms with Gasteiger partial charge in [0.1, 0.15) is 0 Å². The first-order valence-corrected chi connectivity index (χ1v) is 11.2. The van der Waals surface area contributed by atoms with Crippen LogP contribution in [0.2, 0.25) is 0 Å². The van der Waals surface area contributed by atoms with Crippen molar-refractivity contribution in [1.82, 2.24) is 9.21 Å². The largest absolute Gasteiger partial charge is 0.381 e. The van der Waals surface area contributed by atoms with Crippen LogP contribution in [0.1, 0.15) is 36.8 Å². The van der Waals surface area contributed by atoms with Crippen LogP contribution in [-0.2, 0) is 14.8 Å². The highest BCUT2D eigenvalue weighted by Gasteiger charge is 2.48. The van der Waals surface area contributed by atoms with Gasteiger partial charge < -0.3 is 4.74 Å². The summed E-state index contributed by atoms with van der Waals surface area (Å²) < 4.78 is 33.3. The molecule has 0 radical (unpaired) electrons. The van der Waals surface area contributed by atoms with Gasteiger partial charge in [-0.1, -0.05) is 17.7 Å². The van der Waals surface area contributed by atoms with Gasteiger partial charge in [0.15, 0.2) is 0 Å². The quantitative estimate of drug-likeness (QED) is 0.811. The van der Waals surface area contributed by atoms with Crippen LogP contribution in [0.3, 0.4) is 0 Å². The fraction of sp³-hybridized carbons (Fsp3) is 0.700. The van der Waals surface area contributed by atoms with Gasteiger partial charge in [0, 0.05) is 45.4 Å². The van der Waals surface area contributed by atoms with Gasteiger partial charge in [0.25, 0.3) is 0 Å². The van der Waals surface area contributed by atoms with Crippen molar-refractivity contribution >= 4 is 10.0 Å². The van der Waals surface area contributed by atoms with Crippen LogP contribution in [0, 0.1) is 19.3 Å². The summed E-state index contributed by atoms with van der Waals surface area (Å²) in [5, 5.41) is 0. The summed E-state index contributed by atoms with van der Waals surface area (Å²) in [6.45, 7) is 9.22. The molecule has 4 rings (SSSR count). The van der Waals surface area contributed by atoms with Gasteiger partial charge in [0.05, 0.1) is 4.90 Å². The molecule has 0 saturated carbocycles. The van der Waals surface area contributed by atoms with E-state index in [0.717, 1.165) is 63.1 Å². The summed E-state index contributed by atoms with van der Waals surface area (Å²) in [5.41, 5.74) is 2.29. The van der Waals surface area contributed by atoms with E-state index in [1.807, 2.05) is 26.0 Å². The highest BCUT2D eigenvalue weighted by Crippen LogP contribution is 2.43. The van der Waals surface area contributed by atoms with Crippen LogP contribution >= 0.6 is 0 Å². The minimum Gasteiger partial charge on any atom is -0.381 e. The van der Waals surface area contributed by atoms with Gasteiger partial charge in [-0.05, 0) is 56.6 Å². The highest BCUT2D eigenvalue weighted by molar-refractivity contribution is 7.89. The van der Waals surface area contributed by atoms with Gasteiger partial charge in [-0.3, -0.25) is 4.90 Å². The minimum atomic E-state index is -3.37. The van der Waals surface area contributed by atoms with Crippen molar-refractivity contribution in [2.75, 3.05) is 39.4 Å². The number of benzene rings is 1. The Labute approximate surface area is 157 Å². The monoisotopic (exact) mass is 378 g/mol. The molecule has 0 unspecified atom stereocenters. The van der Waals surface area contributed by atoms with E-state index in [-0.39, 0.29) is 0 Å². The van der Waals surface area contributed by atoms with E-state index in [0.29, 0.717) is 29.4 Å². The molecule has 3 heterocycles. The van der Waals surface area contributed by atoms with Crippen molar-refractivity contribution in [2.45, 2.75) is 50.5 Å². The third-order valence-corrected chi connectivity index (χ3v) is 8.57. The van der Waals surface area contributed by atoms with Gasteiger partial charge in [0.2, 0.25) is 10.0 Å². The van der Waals surface area contributed by atoms with Crippen LogP contribution < -0.4 is 0 Å². The van der Waals surface area contributed by atoms with Crippen molar-refractivity contribution in [2.24, 2.45) is 5.41 Å². The van der Waals surface area contributed by atoms with Gasteiger partial charge in [-0.2, -0.15) is 4.31 Å². The number of likely N-dealkylation sites (tertiary alicyclic amines) is 1. The van der Waals surface area contributed by atoms with E-state index in [2.05, 4.69) is 4.90 Å². The third kappa shape index (κ3) is 3.33. The van der Waals surface area contributed by atoms with Crippen molar-refractivity contribution in [3.05, 3.63) is 29.3 Å². The van der Waals surface area contributed by atoms with Gasteiger partial charge in [-0.15, -0.1) is 0 Å². The van der Waals surface area contributed by atoms with E-state index in [9.17, 15) is 8.42 Å². The summed E-state index contributed by atoms with van der Waals surface area (Å²) in [7, 11) is -3.37.